The quantitative estimate of drug-likeness (QED) is 0.784. The molecular formula is C14H16F3N. The molecule has 0 amide bonds. The minimum absolute atomic E-state index is 0.317. The molecule has 1 heterocycles. The van der Waals surface area contributed by atoms with Gasteiger partial charge in [-0.15, -0.1) is 0 Å². The van der Waals surface area contributed by atoms with Crippen molar-refractivity contribution in [3.8, 4) is 0 Å². The zero-order valence-corrected chi connectivity index (χ0v) is 10.1. The number of hydrogen-bond donors (Lipinski definition) is 1. The van der Waals surface area contributed by atoms with Gasteiger partial charge in [-0.05, 0) is 54.9 Å². The normalized spacial score (nSPS) is 24.1. The summed E-state index contributed by atoms with van der Waals surface area (Å²) in [4.78, 5) is 0. The first-order chi connectivity index (χ1) is 8.55. The average molecular weight is 255 g/mol. The van der Waals surface area contributed by atoms with Gasteiger partial charge in [0, 0.05) is 12.2 Å². The zero-order valence-electron chi connectivity index (χ0n) is 10.1. The molecule has 0 radical (unpaired) electrons. The lowest BCUT2D eigenvalue weighted by molar-refractivity contribution is -0.137. The predicted molar refractivity (Wildman–Crippen MR) is 64.6 cm³/mol. The van der Waals surface area contributed by atoms with Gasteiger partial charge in [-0.1, -0.05) is 6.42 Å². The number of rotatable bonds is 1. The van der Waals surface area contributed by atoms with Crippen molar-refractivity contribution in [3.05, 3.63) is 29.3 Å². The Morgan fingerprint density at radius 1 is 1.11 bits per heavy atom. The Labute approximate surface area is 104 Å². The second-order valence-corrected chi connectivity index (χ2v) is 5.31. The summed E-state index contributed by atoms with van der Waals surface area (Å²) in [7, 11) is 0. The van der Waals surface area contributed by atoms with Crippen molar-refractivity contribution in [2.75, 3.05) is 11.9 Å². The Hall–Kier alpha value is -1.19. The first kappa shape index (κ1) is 11.9. The Morgan fingerprint density at radius 3 is 2.50 bits per heavy atom. The molecule has 1 unspecified atom stereocenters. The van der Waals surface area contributed by atoms with Crippen LogP contribution in [0.25, 0.3) is 0 Å². The molecule has 0 bridgehead atoms. The molecule has 0 aromatic heterocycles. The zero-order chi connectivity index (χ0) is 12.8. The van der Waals surface area contributed by atoms with Crippen LogP contribution < -0.4 is 5.32 Å². The van der Waals surface area contributed by atoms with Crippen molar-refractivity contribution in [2.24, 2.45) is 5.92 Å². The summed E-state index contributed by atoms with van der Waals surface area (Å²) in [6.45, 7) is 0.875. The summed E-state index contributed by atoms with van der Waals surface area (Å²) in [6, 6.07) is 4.11. The number of anilines is 1. The minimum Gasteiger partial charge on any atom is -0.385 e. The van der Waals surface area contributed by atoms with E-state index in [4.69, 9.17) is 0 Å². The van der Waals surface area contributed by atoms with Gasteiger partial charge in [-0.25, -0.2) is 0 Å². The fourth-order valence-corrected chi connectivity index (χ4v) is 3.06. The Morgan fingerprint density at radius 2 is 1.89 bits per heavy atom. The SMILES string of the molecule is FC(F)(F)c1ccc2c(c1)C(C1CCC1)CCN2. The monoisotopic (exact) mass is 255 g/mol. The fourth-order valence-electron chi connectivity index (χ4n) is 3.06. The standard InChI is InChI=1S/C14H16F3N/c15-14(16,17)10-4-5-13-12(8-10)11(6-7-18-13)9-2-1-3-9/h4-5,8-9,11,18H,1-3,6-7H2. The third-order valence-electron chi connectivity index (χ3n) is 4.27. The van der Waals surface area contributed by atoms with E-state index in [1.54, 1.807) is 6.07 Å². The first-order valence-corrected chi connectivity index (χ1v) is 6.51. The van der Waals surface area contributed by atoms with E-state index in [0.29, 0.717) is 11.8 Å². The molecule has 1 aromatic carbocycles. The summed E-state index contributed by atoms with van der Waals surface area (Å²) in [5.74, 6) is 0.909. The molecule has 0 saturated heterocycles. The molecular weight excluding hydrogens is 239 g/mol. The first-order valence-electron chi connectivity index (χ1n) is 6.51. The van der Waals surface area contributed by atoms with Crippen LogP contribution in [0.15, 0.2) is 18.2 Å². The number of fused-ring (bicyclic) bond motifs is 1. The lowest BCUT2D eigenvalue weighted by Crippen LogP contribution is -2.27. The molecule has 4 heteroatoms. The molecule has 1 aliphatic carbocycles. The summed E-state index contributed by atoms with van der Waals surface area (Å²) in [5, 5.41) is 3.21. The van der Waals surface area contributed by atoms with Gasteiger partial charge in [0.1, 0.15) is 0 Å². The number of halogens is 3. The largest absolute Gasteiger partial charge is 0.416 e. The molecule has 3 rings (SSSR count). The van der Waals surface area contributed by atoms with Crippen LogP contribution in [0.5, 0.6) is 0 Å². The van der Waals surface area contributed by atoms with E-state index in [-0.39, 0.29) is 0 Å². The highest BCUT2D eigenvalue weighted by molar-refractivity contribution is 5.57. The van der Waals surface area contributed by atoms with Gasteiger partial charge in [-0.2, -0.15) is 13.2 Å². The van der Waals surface area contributed by atoms with E-state index in [1.165, 1.54) is 31.4 Å². The van der Waals surface area contributed by atoms with Crippen molar-refractivity contribution in [1.29, 1.82) is 0 Å². The van der Waals surface area contributed by atoms with Crippen molar-refractivity contribution < 1.29 is 13.2 Å². The van der Waals surface area contributed by atoms with E-state index in [9.17, 15) is 13.2 Å². The van der Waals surface area contributed by atoms with Gasteiger partial charge in [0.15, 0.2) is 0 Å². The number of hydrogen-bond acceptors (Lipinski definition) is 1. The maximum Gasteiger partial charge on any atom is 0.416 e. The number of nitrogens with one attached hydrogen (secondary N) is 1. The van der Waals surface area contributed by atoms with Gasteiger partial charge in [0.2, 0.25) is 0 Å². The molecule has 2 aliphatic rings. The molecule has 1 saturated carbocycles. The second-order valence-electron chi connectivity index (χ2n) is 5.31. The average Bonchev–Trinajstić information content (AvgIpc) is 2.25. The molecule has 1 aromatic rings. The topological polar surface area (TPSA) is 12.0 Å². The van der Waals surface area contributed by atoms with Crippen LogP contribution in [-0.4, -0.2) is 6.54 Å². The molecule has 1 atom stereocenters. The van der Waals surface area contributed by atoms with Gasteiger partial charge >= 0.3 is 6.18 Å². The molecule has 98 valence electrons. The van der Waals surface area contributed by atoms with Crippen LogP contribution in [0.1, 0.15) is 42.7 Å². The van der Waals surface area contributed by atoms with E-state index < -0.39 is 11.7 Å². The van der Waals surface area contributed by atoms with Crippen LogP contribution >= 0.6 is 0 Å². The maximum atomic E-state index is 12.8. The number of benzene rings is 1. The Bertz CT molecular complexity index is 449. The fraction of sp³-hybridized carbons (Fsp3) is 0.571. The van der Waals surface area contributed by atoms with E-state index in [1.807, 2.05) is 0 Å². The van der Waals surface area contributed by atoms with Gasteiger partial charge < -0.3 is 5.32 Å². The third kappa shape index (κ3) is 1.98. The molecule has 1 nitrogen and oxygen atoms in total. The van der Waals surface area contributed by atoms with E-state index >= 15 is 0 Å². The summed E-state index contributed by atoms with van der Waals surface area (Å²) in [5.41, 5.74) is 1.25. The number of alkyl halides is 3. The predicted octanol–water partition coefficient (Wildman–Crippen LogP) is 4.40. The molecule has 0 spiro atoms. The molecule has 1 N–H and O–H groups in total. The summed E-state index contributed by atoms with van der Waals surface area (Å²) in [6.07, 6.45) is 0.277. The smallest absolute Gasteiger partial charge is 0.385 e. The second kappa shape index (κ2) is 4.18. The van der Waals surface area contributed by atoms with Crippen molar-refractivity contribution in [3.63, 3.8) is 0 Å². The highest BCUT2D eigenvalue weighted by Gasteiger charge is 2.35. The lowest BCUT2D eigenvalue weighted by Gasteiger charge is -2.38. The van der Waals surface area contributed by atoms with Gasteiger partial charge in [-0.3, -0.25) is 0 Å². The Kier molecular flexibility index (Phi) is 2.76. The third-order valence-corrected chi connectivity index (χ3v) is 4.27. The maximum absolute atomic E-state index is 12.8. The van der Waals surface area contributed by atoms with Crippen LogP contribution in [0.3, 0.4) is 0 Å². The van der Waals surface area contributed by atoms with Crippen molar-refractivity contribution in [2.45, 2.75) is 37.8 Å². The van der Waals surface area contributed by atoms with E-state index in [2.05, 4.69) is 5.32 Å². The lowest BCUT2D eigenvalue weighted by atomic mass is 9.70. The van der Waals surface area contributed by atoms with Crippen LogP contribution in [0, 0.1) is 5.92 Å². The summed E-state index contributed by atoms with van der Waals surface area (Å²) < 4.78 is 38.3. The Balaban J connectivity index is 1.98. The highest BCUT2D eigenvalue weighted by Crippen LogP contribution is 2.46. The summed E-state index contributed by atoms with van der Waals surface area (Å²) >= 11 is 0. The van der Waals surface area contributed by atoms with E-state index in [0.717, 1.165) is 24.2 Å². The van der Waals surface area contributed by atoms with Crippen molar-refractivity contribution in [1.82, 2.24) is 0 Å². The van der Waals surface area contributed by atoms with Crippen LogP contribution in [0.2, 0.25) is 0 Å². The van der Waals surface area contributed by atoms with Crippen LogP contribution in [-0.2, 0) is 6.18 Å². The van der Waals surface area contributed by atoms with Gasteiger partial charge in [0.05, 0.1) is 5.56 Å². The molecule has 18 heavy (non-hydrogen) atoms. The van der Waals surface area contributed by atoms with Crippen molar-refractivity contribution >= 4 is 5.69 Å². The minimum atomic E-state index is -4.24. The molecule has 1 aliphatic heterocycles. The van der Waals surface area contributed by atoms with Crippen LogP contribution in [0.4, 0.5) is 18.9 Å². The van der Waals surface area contributed by atoms with Gasteiger partial charge in [0.25, 0.3) is 0 Å². The highest BCUT2D eigenvalue weighted by atomic mass is 19.4. The molecule has 1 fully saturated rings.